The third kappa shape index (κ3) is 1.63. The zero-order chi connectivity index (χ0) is 10.8. The summed E-state index contributed by atoms with van der Waals surface area (Å²) in [6, 6.07) is 10.2. The molecular weight excluding hydrogens is 220 g/mol. The van der Waals surface area contributed by atoms with E-state index in [1.807, 2.05) is 24.4 Å². The lowest BCUT2D eigenvalue weighted by atomic mass is 10.2. The molecule has 78 valence electrons. The first-order valence-electron chi connectivity index (χ1n) is 4.83. The lowest BCUT2D eigenvalue weighted by molar-refractivity contribution is 0.571. The van der Waals surface area contributed by atoms with Gasteiger partial charge in [0.2, 0.25) is 0 Å². The summed E-state index contributed by atoms with van der Waals surface area (Å²) in [6.07, 6.45) is 4.95. The standard InChI is InChI=1S/C12H8N2OS/c1-2-4-9(5-3-1)11-7-14-12(16-11)10-6-13-8-15-10/h1-8H. The SMILES string of the molecule is c1ccc(-c2cnc(-c3cnco3)s2)cc1. The molecule has 4 heteroatoms. The number of aromatic nitrogens is 2. The predicted octanol–water partition coefficient (Wildman–Crippen LogP) is 3.47. The van der Waals surface area contributed by atoms with Crippen LogP contribution in [0.15, 0.2) is 53.5 Å². The van der Waals surface area contributed by atoms with E-state index in [9.17, 15) is 0 Å². The first kappa shape index (κ1) is 9.30. The van der Waals surface area contributed by atoms with E-state index in [0.717, 1.165) is 9.88 Å². The number of hydrogen-bond donors (Lipinski definition) is 0. The summed E-state index contributed by atoms with van der Waals surface area (Å²) in [6.45, 7) is 0. The molecule has 0 N–H and O–H groups in total. The molecule has 0 spiro atoms. The molecule has 2 heterocycles. The van der Waals surface area contributed by atoms with Crippen LogP contribution in [0.1, 0.15) is 0 Å². The van der Waals surface area contributed by atoms with Crippen molar-refractivity contribution in [3.05, 3.63) is 49.1 Å². The molecule has 0 atom stereocenters. The normalized spacial score (nSPS) is 10.5. The molecule has 3 rings (SSSR count). The van der Waals surface area contributed by atoms with E-state index in [-0.39, 0.29) is 0 Å². The third-order valence-electron chi connectivity index (χ3n) is 2.21. The molecule has 2 aromatic heterocycles. The minimum Gasteiger partial charge on any atom is -0.441 e. The van der Waals surface area contributed by atoms with Crippen molar-refractivity contribution < 1.29 is 4.42 Å². The van der Waals surface area contributed by atoms with E-state index in [1.54, 1.807) is 17.5 Å². The quantitative estimate of drug-likeness (QED) is 0.674. The molecule has 0 saturated carbocycles. The van der Waals surface area contributed by atoms with Gasteiger partial charge in [-0.2, -0.15) is 0 Å². The van der Waals surface area contributed by atoms with Gasteiger partial charge in [-0.3, -0.25) is 0 Å². The zero-order valence-electron chi connectivity index (χ0n) is 8.33. The van der Waals surface area contributed by atoms with E-state index >= 15 is 0 Å². The van der Waals surface area contributed by atoms with E-state index in [1.165, 1.54) is 12.0 Å². The van der Waals surface area contributed by atoms with Crippen molar-refractivity contribution in [3.8, 4) is 21.2 Å². The van der Waals surface area contributed by atoms with Gasteiger partial charge in [-0.05, 0) is 5.56 Å². The molecule has 0 aliphatic heterocycles. The van der Waals surface area contributed by atoms with Gasteiger partial charge in [0, 0.05) is 6.20 Å². The Morgan fingerprint density at radius 2 is 1.94 bits per heavy atom. The highest BCUT2D eigenvalue weighted by Gasteiger charge is 2.08. The number of hydrogen-bond acceptors (Lipinski definition) is 4. The Bertz CT molecular complexity index is 572. The van der Waals surface area contributed by atoms with Crippen LogP contribution < -0.4 is 0 Å². The van der Waals surface area contributed by atoms with Crippen LogP contribution in [-0.4, -0.2) is 9.97 Å². The average Bonchev–Trinajstić information content (AvgIpc) is 3.01. The molecule has 16 heavy (non-hydrogen) atoms. The van der Waals surface area contributed by atoms with Gasteiger partial charge in [-0.1, -0.05) is 30.3 Å². The highest BCUT2D eigenvalue weighted by molar-refractivity contribution is 7.18. The fourth-order valence-corrected chi connectivity index (χ4v) is 2.32. The molecule has 0 saturated heterocycles. The number of benzene rings is 1. The number of rotatable bonds is 2. The number of thiazole rings is 1. The van der Waals surface area contributed by atoms with E-state index in [0.29, 0.717) is 5.76 Å². The van der Waals surface area contributed by atoms with Crippen LogP contribution in [0.5, 0.6) is 0 Å². The molecule has 0 aliphatic rings. The second-order valence-corrected chi connectivity index (χ2v) is 4.29. The molecule has 0 aliphatic carbocycles. The lowest BCUT2D eigenvalue weighted by Gasteiger charge is -1.93. The summed E-state index contributed by atoms with van der Waals surface area (Å²) in [4.78, 5) is 9.33. The molecular formula is C12H8N2OS. The largest absolute Gasteiger partial charge is 0.441 e. The summed E-state index contributed by atoms with van der Waals surface area (Å²) >= 11 is 1.60. The van der Waals surface area contributed by atoms with Crippen LogP contribution in [0.3, 0.4) is 0 Å². The van der Waals surface area contributed by atoms with Crippen molar-refractivity contribution in [2.75, 3.05) is 0 Å². The number of oxazole rings is 1. The van der Waals surface area contributed by atoms with Gasteiger partial charge in [0.15, 0.2) is 17.2 Å². The molecule has 0 unspecified atom stereocenters. The Balaban J connectivity index is 2.00. The minimum atomic E-state index is 0.715. The van der Waals surface area contributed by atoms with Gasteiger partial charge in [0.1, 0.15) is 0 Å². The van der Waals surface area contributed by atoms with Gasteiger partial charge < -0.3 is 4.42 Å². The van der Waals surface area contributed by atoms with Gasteiger partial charge in [0.25, 0.3) is 0 Å². The minimum absolute atomic E-state index is 0.715. The first-order valence-corrected chi connectivity index (χ1v) is 5.65. The van der Waals surface area contributed by atoms with Crippen molar-refractivity contribution in [1.29, 1.82) is 0 Å². The molecule has 0 bridgehead atoms. The summed E-state index contributed by atoms with van der Waals surface area (Å²) < 4.78 is 5.21. The van der Waals surface area contributed by atoms with Crippen LogP contribution in [0.2, 0.25) is 0 Å². The van der Waals surface area contributed by atoms with Crippen LogP contribution in [0.25, 0.3) is 21.2 Å². The summed E-state index contributed by atoms with van der Waals surface area (Å²) in [7, 11) is 0. The molecule has 3 aromatic rings. The smallest absolute Gasteiger partial charge is 0.182 e. The van der Waals surface area contributed by atoms with Crippen molar-refractivity contribution in [2.45, 2.75) is 0 Å². The number of nitrogens with zero attached hydrogens (tertiary/aromatic N) is 2. The fraction of sp³-hybridized carbons (Fsp3) is 0. The summed E-state index contributed by atoms with van der Waals surface area (Å²) in [5.41, 5.74) is 1.17. The Hall–Kier alpha value is -1.94. The molecule has 1 aromatic carbocycles. The van der Waals surface area contributed by atoms with Gasteiger partial charge in [-0.25, -0.2) is 9.97 Å². The summed E-state index contributed by atoms with van der Waals surface area (Å²) in [5, 5.41) is 0.858. The Morgan fingerprint density at radius 1 is 1.06 bits per heavy atom. The van der Waals surface area contributed by atoms with E-state index in [2.05, 4.69) is 22.1 Å². The molecule has 3 nitrogen and oxygen atoms in total. The Labute approximate surface area is 96.4 Å². The second-order valence-electron chi connectivity index (χ2n) is 3.26. The maximum absolute atomic E-state index is 5.21. The maximum Gasteiger partial charge on any atom is 0.182 e. The van der Waals surface area contributed by atoms with Gasteiger partial charge in [0.05, 0.1) is 11.1 Å². The monoisotopic (exact) mass is 228 g/mol. The molecule has 0 radical (unpaired) electrons. The highest BCUT2D eigenvalue weighted by atomic mass is 32.1. The van der Waals surface area contributed by atoms with Crippen molar-refractivity contribution in [3.63, 3.8) is 0 Å². The van der Waals surface area contributed by atoms with Crippen LogP contribution in [0.4, 0.5) is 0 Å². The van der Waals surface area contributed by atoms with Crippen LogP contribution >= 0.6 is 11.3 Å². The zero-order valence-corrected chi connectivity index (χ0v) is 9.15. The lowest BCUT2D eigenvalue weighted by Crippen LogP contribution is -1.67. The Kier molecular flexibility index (Phi) is 2.27. The van der Waals surface area contributed by atoms with Crippen molar-refractivity contribution in [2.24, 2.45) is 0 Å². The van der Waals surface area contributed by atoms with Crippen molar-refractivity contribution >= 4 is 11.3 Å². The van der Waals surface area contributed by atoms with E-state index in [4.69, 9.17) is 4.42 Å². The second kappa shape index (κ2) is 3.90. The van der Waals surface area contributed by atoms with Crippen molar-refractivity contribution in [1.82, 2.24) is 9.97 Å². The maximum atomic E-state index is 5.21. The van der Waals surface area contributed by atoms with E-state index < -0.39 is 0 Å². The average molecular weight is 228 g/mol. The van der Waals surface area contributed by atoms with Gasteiger partial charge >= 0.3 is 0 Å². The first-order chi connectivity index (χ1) is 7.93. The third-order valence-corrected chi connectivity index (χ3v) is 3.27. The molecule has 0 amide bonds. The topological polar surface area (TPSA) is 38.9 Å². The highest BCUT2D eigenvalue weighted by Crippen LogP contribution is 2.31. The summed E-state index contributed by atoms with van der Waals surface area (Å²) in [5.74, 6) is 0.715. The Morgan fingerprint density at radius 3 is 2.69 bits per heavy atom. The van der Waals surface area contributed by atoms with Crippen LogP contribution in [0, 0.1) is 0 Å². The van der Waals surface area contributed by atoms with Gasteiger partial charge in [-0.15, -0.1) is 11.3 Å². The van der Waals surface area contributed by atoms with Crippen LogP contribution in [-0.2, 0) is 0 Å². The predicted molar refractivity (Wildman–Crippen MR) is 63.0 cm³/mol. The fourth-order valence-electron chi connectivity index (χ4n) is 1.45. The molecule has 0 fully saturated rings.